The molecule has 0 bridgehead atoms. The Morgan fingerprint density at radius 1 is 1.50 bits per heavy atom. The van der Waals surface area contributed by atoms with Gasteiger partial charge in [-0.1, -0.05) is 11.6 Å². The zero-order chi connectivity index (χ0) is 11.5. The molecular weight excluding hydrogens is 231 g/mol. The summed E-state index contributed by atoms with van der Waals surface area (Å²) in [7, 11) is 0. The summed E-state index contributed by atoms with van der Waals surface area (Å²) in [4.78, 5) is 12.0. The highest BCUT2D eigenvalue weighted by Crippen LogP contribution is 2.22. The van der Waals surface area contributed by atoms with Crippen LogP contribution in [0.2, 0.25) is 5.02 Å². The van der Waals surface area contributed by atoms with Crippen LogP contribution in [-0.4, -0.2) is 19.0 Å². The minimum atomic E-state index is -0.502. The number of hydrogen-bond acceptors (Lipinski definition) is 2. The number of benzene rings is 1. The number of Topliss-reactive ketones (excluding diaryl/α,β-unsaturated/α-hetero) is 1. The Labute approximate surface area is 98.4 Å². The SMILES string of the molecule is O=C(c1ccc(F)c(Cl)c1)C1CCCOC1. The standard InChI is InChI=1S/C12H12ClFO2/c13-10-6-8(3-4-11(10)14)12(15)9-2-1-5-16-7-9/h3-4,6,9H,1-2,5,7H2. The zero-order valence-electron chi connectivity index (χ0n) is 8.71. The first-order valence-electron chi connectivity index (χ1n) is 5.25. The fourth-order valence-corrected chi connectivity index (χ4v) is 2.01. The third kappa shape index (κ3) is 2.42. The van der Waals surface area contributed by atoms with Gasteiger partial charge in [0.05, 0.1) is 11.6 Å². The molecule has 4 heteroatoms. The van der Waals surface area contributed by atoms with E-state index >= 15 is 0 Å². The van der Waals surface area contributed by atoms with Gasteiger partial charge in [0.25, 0.3) is 0 Å². The second-order valence-electron chi connectivity index (χ2n) is 3.91. The topological polar surface area (TPSA) is 26.3 Å². The number of ketones is 1. The minimum absolute atomic E-state index is 0.0115. The molecule has 0 spiro atoms. The Kier molecular flexibility index (Phi) is 3.56. The summed E-state index contributed by atoms with van der Waals surface area (Å²) in [6.07, 6.45) is 1.72. The Balaban J connectivity index is 2.16. The smallest absolute Gasteiger partial charge is 0.168 e. The van der Waals surface area contributed by atoms with Crippen LogP contribution in [0.4, 0.5) is 4.39 Å². The van der Waals surface area contributed by atoms with E-state index in [9.17, 15) is 9.18 Å². The molecule has 2 rings (SSSR count). The highest BCUT2D eigenvalue weighted by Gasteiger charge is 2.23. The summed E-state index contributed by atoms with van der Waals surface area (Å²) in [5, 5.41) is -0.0115. The van der Waals surface area contributed by atoms with Crippen molar-refractivity contribution >= 4 is 17.4 Å². The Morgan fingerprint density at radius 3 is 2.94 bits per heavy atom. The maximum Gasteiger partial charge on any atom is 0.168 e. The van der Waals surface area contributed by atoms with Gasteiger partial charge in [-0.25, -0.2) is 4.39 Å². The normalized spacial score (nSPS) is 20.8. The fourth-order valence-electron chi connectivity index (χ4n) is 1.83. The van der Waals surface area contributed by atoms with Crippen molar-refractivity contribution < 1.29 is 13.9 Å². The van der Waals surface area contributed by atoms with Crippen molar-refractivity contribution in [2.45, 2.75) is 12.8 Å². The van der Waals surface area contributed by atoms with Gasteiger partial charge in [-0.3, -0.25) is 4.79 Å². The van der Waals surface area contributed by atoms with Crippen LogP contribution in [0.5, 0.6) is 0 Å². The number of carbonyl (C=O) groups excluding carboxylic acids is 1. The molecule has 1 aromatic rings. The second kappa shape index (κ2) is 4.93. The fraction of sp³-hybridized carbons (Fsp3) is 0.417. The first kappa shape index (κ1) is 11.6. The third-order valence-corrected chi connectivity index (χ3v) is 3.02. The van der Waals surface area contributed by atoms with Gasteiger partial charge < -0.3 is 4.74 Å². The molecular formula is C12H12ClFO2. The lowest BCUT2D eigenvalue weighted by Crippen LogP contribution is -2.25. The Hall–Kier alpha value is -0.930. The van der Waals surface area contributed by atoms with E-state index in [1.807, 2.05) is 0 Å². The van der Waals surface area contributed by atoms with Crippen LogP contribution < -0.4 is 0 Å². The minimum Gasteiger partial charge on any atom is -0.381 e. The first-order chi connectivity index (χ1) is 7.68. The molecule has 0 N–H and O–H groups in total. The van der Waals surface area contributed by atoms with E-state index in [2.05, 4.69) is 0 Å². The molecule has 1 heterocycles. The van der Waals surface area contributed by atoms with Gasteiger partial charge in [0.15, 0.2) is 5.78 Å². The molecule has 0 aromatic heterocycles. The summed E-state index contributed by atoms with van der Waals surface area (Å²) >= 11 is 5.64. The first-order valence-corrected chi connectivity index (χ1v) is 5.63. The number of rotatable bonds is 2. The van der Waals surface area contributed by atoms with Crippen LogP contribution >= 0.6 is 11.6 Å². The van der Waals surface area contributed by atoms with Crippen molar-refractivity contribution in [3.8, 4) is 0 Å². The molecule has 0 saturated carbocycles. The summed E-state index contributed by atoms with van der Waals surface area (Å²) in [6.45, 7) is 1.17. The maximum absolute atomic E-state index is 12.9. The number of hydrogen-bond donors (Lipinski definition) is 0. The summed E-state index contributed by atoms with van der Waals surface area (Å²) in [5.74, 6) is -0.630. The molecule has 1 aliphatic heterocycles. The Bertz CT molecular complexity index is 400. The average molecular weight is 243 g/mol. The van der Waals surface area contributed by atoms with Crippen molar-refractivity contribution in [2.24, 2.45) is 5.92 Å². The predicted molar refractivity (Wildman–Crippen MR) is 59.3 cm³/mol. The van der Waals surface area contributed by atoms with Crippen LogP contribution in [-0.2, 0) is 4.74 Å². The molecule has 0 amide bonds. The monoisotopic (exact) mass is 242 g/mol. The summed E-state index contributed by atoms with van der Waals surface area (Å²) in [5.41, 5.74) is 0.460. The molecule has 0 radical (unpaired) electrons. The van der Waals surface area contributed by atoms with Gasteiger partial charge in [0.2, 0.25) is 0 Å². The number of carbonyl (C=O) groups is 1. The number of ether oxygens (including phenoxy) is 1. The Morgan fingerprint density at radius 2 is 2.31 bits per heavy atom. The van der Waals surface area contributed by atoms with Gasteiger partial charge in [-0.15, -0.1) is 0 Å². The van der Waals surface area contributed by atoms with E-state index in [1.165, 1.54) is 18.2 Å². The zero-order valence-corrected chi connectivity index (χ0v) is 9.47. The lowest BCUT2D eigenvalue weighted by molar-refractivity contribution is 0.0461. The van der Waals surface area contributed by atoms with E-state index < -0.39 is 5.82 Å². The van der Waals surface area contributed by atoms with Crippen LogP contribution in [0.1, 0.15) is 23.2 Å². The van der Waals surface area contributed by atoms with E-state index in [1.54, 1.807) is 0 Å². The van der Waals surface area contributed by atoms with Crippen molar-refractivity contribution in [3.05, 3.63) is 34.6 Å². The molecule has 1 fully saturated rings. The van der Waals surface area contributed by atoms with E-state index in [4.69, 9.17) is 16.3 Å². The molecule has 1 atom stereocenters. The summed E-state index contributed by atoms with van der Waals surface area (Å²) < 4.78 is 18.2. The average Bonchev–Trinajstić information content (AvgIpc) is 2.33. The quantitative estimate of drug-likeness (QED) is 0.745. The van der Waals surface area contributed by atoms with Crippen molar-refractivity contribution in [2.75, 3.05) is 13.2 Å². The van der Waals surface area contributed by atoms with Crippen LogP contribution in [0, 0.1) is 11.7 Å². The van der Waals surface area contributed by atoms with Gasteiger partial charge >= 0.3 is 0 Å². The van der Waals surface area contributed by atoms with Gasteiger partial charge in [0, 0.05) is 18.1 Å². The van der Waals surface area contributed by atoms with Gasteiger partial charge in [-0.2, -0.15) is 0 Å². The van der Waals surface area contributed by atoms with E-state index in [-0.39, 0.29) is 16.7 Å². The lowest BCUT2D eigenvalue weighted by Gasteiger charge is -2.20. The molecule has 2 nitrogen and oxygen atoms in total. The molecule has 0 aliphatic carbocycles. The maximum atomic E-state index is 12.9. The number of halogens is 2. The second-order valence-corrected chi connectivity index (χ2v) is 4.31. The van der Waals surface area contributed by atoms with E-state index in [0.717, 1.165) is 12.8 Å². The lowest BCUT2D eigenvalue weighted by atomic mass is 9.93. The predicted octanol–water partition coefficient (Wildman–Crippen LogP) is 3.09. The molecule has 1 saturated heterocycles. The van der Waals surface area contributed by atoms with Gasteiger partial charge in [0.1, 0.15) is 5.82 Å². The molecule has 1 unspecified atom stereocenters. The van der Waals surface area contributed by atoms with Crippen LogP contribution in [0.3, 0.4) is 0 Å². The highest BCUT2D eigenvalue weighted by molar-refractivity contribution is 6.31. The van der Waals surface area contributed by atoms with Crippen LogP contribution in [0.15, 0.2) is 18.2 Å². The molecule has 16 heavy (non-hydrogen) atoms. The van der Waals surface area contributed by atoms with Crippen molar-refractivity contribution in [1.82, 2.24) is 0 Å². The van der Waals surface area contributed by atoms with Crippen molar-refractivity contribution in [3.63, 3.8) is 0 Å². The van der Waals surface area contributed by atoms with E-state index in [0.29, 0.717) is 18.8 Å². The molecule has 1 aliphatic rings. The highest BCUT2D eigenvalue weighted by atomic mass is 35.5. The van der Waals surface area contributed by atoms with Gasteiger partial charge in [-0.05, 0) is 31.0 Å². The summed E-state index contributed by atoms with van der Waals surface area (Å²) in [6, 6.07) is 4.07. The molecule has 1 aromatic carbocycles. The third-order valence-electron chi connectivity index (χ3n) is 2.74. The molecule has 86 valence electrons. The largest absolute Gasteiger partial charge is 0.381 e. The van der Waals surface area contributed by atoms with Crippen molar-refractivity contribution in [1.29, 1.82) is 0 Å². The van der Waals surface area contributed by atoms with Crippen LogP contribution in [0.25, 0.3) is 0 Å².